The van der Waals surface area contributed by atoms with Crippen molar-refractivity contribution in [1.82, 2.24) is 0 Å². The highest BCUT2D eigenvalue weighted by Crippen LogP contribution is 2.29. The lowest BCUT2D eigenvalue weighted by Crippen LogP contribution is -2.06. The minimum Gasteiger partial charge on any atom is -0.397 e. The Balaban J connectivity index is 1.58. The smallest absolute Gasteiger partial charge is 0.129 e. The number of hydrogen-bond acceptors (Lipinski definition) is 5. The van der Waals surface area contributed by atoms with E-state index in [1.54, 1.807) is 0 Å². The zero-order chi connectivity index (χ0) is 12.1. The van der Waals surface area contributed by atoms with Crippen molar-refractivity contribution >= 4 is 22.0 Å². The quantitative estimate of drug-likeness (QED) is 0.730. The maximum atomic E-state index is 8.76. The van der Waals surface area contributed by atoms with Crippen molar-refractivity contribution in [3.05, 3.63) is 10.9 Å². The first-order chi connectivity index (χ1) is 8.29. The number of nitrogens with zero attached hydrogens (tertiary/aromatic N) is 1. The summed E-state index contributed by atoms with van der Waals surface area (Å²) in [4.78, 5) is 0.581. The van der Waals surface area contributed by atoms with Gasteiger partial charge in [-0.05, 0) is 31.2 Å². The standard InChI is InChI=1S/C12H17N3OS/c13-7-11-10(14)6-12(17-11)15-4-1-5-16-8-9-2-3-9/h6,9,15H,1-5,8,14H2. The largest absolute Gasteiger partial charge is 0.397 e. The van der Waals surface area contributed by atoms with Gasteiger partial charge in [0.1, 0.15) is 10.9 Å². The Morgan fingerprint density at radius 3 is 3.06 bits per heavy atom. The third-order valence-electron chi connectivity index (χ3n) is 2.68. The average Bonchev–Trinajstić information content (AvgIpc) is 3.07. The van der Waals surface area contributed by atoms with Gasteiger partial charge in [0.15, 0.2) is 0 Å². The Morgan fingerprint density at radius 1 is 1.59 bits per heavy atom. The van der Waals surface area contributed by atoms with E-state index in [9.17, 15) is 0 Å². The molecule has 0 amide bonds. The monoisotopic (exact) mass is 251 g/mol. The molecule has 5 heteroatoms. The van der Waals surface area contributed by atoms with Crippen LogP contribution in [-0.2, 0) is 4.74 Å². The fraction of sp³-hybridized carbons (Fsp3) is 0.583. The van der Waals surface area contributed by atoms with Gasteiger partial charge in [-0.15, -0.1) is 11.3 Å². The van der Waals surface area contributed by atoms with Gasteiger partial charge in [0.25, 0.3) is 0 Å². The molecule has 1 heterocycles. The van der Waals surface area contributed by atoms with Crippen LogP contribution < -0.4 is 11.1 Å². The Kier molecular flexibility index (Phi) is 4.24. The molecule has 0 spiro atoms. The number of hydrogen-bond donors (Lipinski definition) is 2. The number of nitrogen functional groups attached to an aromatic ring is 1. The number of anilines is 2. The first-order valence-corrected chi connectivity index (χ1v) is 6.72. The molecule has 0 aromatic carbocycles. The van der Waals surface area contributed by atoms with E-state index in [1.165, 1.54) is 24.2 Å². The SMILES string of the molecule is N#Cc1sc(NCCCOCC2CC2)cc1N. The summed E-state index contributed by atoms with van der Waals surface area (Å²) in [5, 5.41) is 13.0. The summed E-state index contributed by atoms with van der Waals surface area (Å²) in [5.41, 5.74) is 6.23. The van der Waals surface area contributed by atoms with E-state index in [1.807, 2.05) is 6.07 Å². The minimum absolute atomic E-state index is 0.560. The molecule has 1 fully saturated rings. The summed E-state index contributed by atoms with van der Waals surface area (Å²) in [7, 11) is 0. The van der Waals surface area contributed by atoms with Gasteiger partial charge >= 0.3 is 0 Å². The number of nitriles is 1. The topological polar surface area (TPSA) is 71.1 Å². The molecule has 2 rings (SSSR count). The van der Waals surface area contributed by atoms with Crippen molar-refractivity contribution in [3.8, 4) is 6.07 Å². The van der Waals surface area contributed by atoms with Crippen molar-refractivity contribution in [2.75, 3.05) is 30.8 Å². The van der Waals surface area contributed by atoms with Gasteiger partial charge in [-0.1, -0.05) is 0 Å². The number of thiophene rings is 1. The predicted molar refractivity (Wildman–Crippen MR) is 70.1 cm³/mol. The van der Waals surface area contributed by atoms with Crippen molar-refractivity contribution in [2.24, 2.45) is 5.92 Å². The van der Waals surface area contributed by atoms with Crippen LogP contribution in [0.2, 0.25) is 0 Å². The lowest BCUT2D eigenvalue weighted by Gasteiger charge is -2.04. The van der Waals surface area contributed by atoms with Crippen LogP contribution in [0.3, 0.4) is 0 Å². The summed E-state index contributed by atoms with van der Waals surface area (Å²) in [6.45, 7) is 2.58. The van der Waals surface area contributed by atoms with Crippen LogP contribution in [0.4, 0.5) is 10.7 Å². The fourth-order valence-corrected chi connectivity index (χ4v) is 2.30. The van der Waals surface area contributed by atoms with Gasteiger partial charge in [-0.3, -0.25) is 0 Å². The maximum Gasteiger partial charge on any atom is 0.129 e. The number of nitrogens with two attached hydrogens (primary N) is 1. The second-order valence-electron chi connectivity index (χ2n) is 4.31. The van der Waals surface area contributed by atoms with E-state index in [2.05, 4.69) is 11.4 Å². The molecule has 1 aliphatic rings. The maximum absolute atomic E-state index is 8.76. The van der Waals surface area contributed by atoms with Gasteiger partial charge in [0, 0.05) is 19.8 Å². The Morgan fingerprint density at radius 2 is 2.41 bits per heavy atom. The van der Waals surface area contributed by atoms with Gasteiger partial charge in [-0.2, -0.15) is 5.26 Å². The van der Waals surface area contributed by atoms with Gasteiger partial charge in [0.2, 0.25) is 0 Å². The zero-order valence-corrected chi connectivity index (χ0v) is 10.6. The van der Waals surface area contributed by atoms with Crippen molar-refractivity contribution in [2.45, 2.75) is 19.3 Å². The number of rotatable bonds is 7. The molecule has 4 nitrogen and oxygen atoms in total. The molecule has 1 aliphatic carbocycles. The van der Waals surface area contributed by atoms with Gasteiger partial charge in [0.05, 0.1) is 10.7 Å². The zero-order valence-electron chi connectivity index (χ0n) is 9.74. The predicted octanol–water partition coefficient (Wildman–Crippen LogP) is 2.43. The average molecular weight is 251 g/mol. The molecule has 17 heavy (non-hydrogen) atoms. The van der Waals surface area contributed by atoms with E-state index in [0.29, 0.717) is 10.6 Å². The Hall–Kier alpha value is -1.25. The molecule has 92 valence electrons. The molecule has 0 atom stereocenters. The fourth-order valence-electron chi connectivity index (χ4n) is 1.50. The van der Waals surface area contributed by atoms with Crippen LogP contribution in [0.5, 0.6) is 0 Å². The van der Waals surface area contributed by atoms with E-state index in [-0.39, 0.29) is 0 Å². The highest BCUT2D eigenvalue weighted by atomic mass is 32.1. The van der Waals surface area contributed by atoms with Crippen LogP contribution in [0, 0.1) is 17.2 Å². The molecular formula is C12H17N3OS. The molecule has 1 saturated carbocycles. The van der Waals surface area contributed by atoms with Crippen LogP contribution >= 0.6 is 11.3 Å². The summed E-state index contributed by atoms with van der Waals surface area (Å²) in [6, 6.07) is 3.89. The molecule has 0 aliphatic heterocycles. The lowest BCUT2D eigenvalue weighted by atomic mass is 10.4. The molecular weight excluding hydrogens is 234 g/mol. The van der Waals surface area contributed by atoms with E-state index in [4.69, 9.17) is 15.7 Å². The summed E-state index contributed by atoms with van der Waals surface area (Å²) in [6.07, 6.45) is 3.65. The molecule has 0 saturated heterocycles. The Bertz CT molecular complexity index is 406. The molecule has 0 radical (unpaired) electrons. The summed E-state index contributed by atoms with van der Waals surface area (Å²) < 4.78 is 5.53. The molecule has 3 N–H and O–H groups in total. The molecule has 0 bridgehead atoms. The highest BCUT2D eigenvalue weighted by Gasteiger charge is 2.20. The van der Waals surface area contributed by atoms with Crippen molar-refractivity contribution in [1.29, 1.82) is 5.26 Å². The lowest BCUT2D eigenvalue weighted by molar-refractivity contribution is 0.124. The third-order valence-corrected chi connectivity index (χ3v) is 3.69. The summed E-state index contributed by atoms with van der Waals surface area (Å²) in [5.74, 6) is 0.832. The van der Waals surface area contributed by atoms with E-state index < -0.39 is 0 Å². The number of nitrogens with one attached hydrogen (secondary N) is 1. The van der Waals surface area contributed by atoms with E-state index in [0.717, 1.165) is 37.1 Å². The first-order valence-electron chi connectivity index (χ1n) is 5.90. The second kappa shape index (κ2) is 5.89. The Labute approximate surface area is 105 Å². The second-order valence-corrected chi connectivity index (χ2v) is 5.36. The minimum atomic E-state index is 0.560. The molecule has 1 aromatic rings. The normalized spacial score (nSPS) is 14.5. The summed E-state index contributed by atoms with van der Waals surface area (Å²) >= 11 is 1.40. The van der Waals surface area contributed by atoms with Crippen molar-refractivity contribution < 1.29 is 4.74 Å². The van der Waals surface area contributed by atoms with Crippen LogP contribution in [0.25, 0.3) is 0 Å². The molecule has 0 unspecified atom stereocenters. The number of ether oxygens (including phenoxy) is 1. The third kappa shape index (κ3) is 3.91. The highest BCUT2D eigenvalue weighted by molar-refractivity contribution is 7.17. The van der Waals surface area contributed by atoms with Gasteiger partial charge in [-0.25, -0.2) is 0 Å². The van der Waals surface area contributed by atoms with Crippen LogP contribution in [0.1, 0.15) is 24.1 Å². The van der Waals surface area contributed by atoms with E-state index >= 15 is 0 Å². The first kappa shape index (κ1) is 12.2. The van der Waals surface area contributed by atoms with Crippen LogP contribution in [-0.4, -0.2) is 19.8 Å². The van der Waals surface area contributed by atoms with Crippen molar-refractivity contribution in [3.63, 3.8) is 0 Å². The van der Waals surface area contributed by atoms with Gasteiger partial charge < -0.3 is 15.8 Å². The van der Waals surface area contributed by atoms with Crippen LogP contribution in [0.15, 0.2) is 6.07 Å². The molecule has 1 aromatic heterocycles.